The minimum atomic E-state index is -0.381. The minimum Gasteiger partial charge on any atom is -0.236 e. The predicted molar refractivity (Wildman–Crippen MR) is 84.7 cm³/mol. The molecule has 0 aliphatic carbocycles. The Balaban J connectivity index is 2.11. The topological polar surface area (TPSA) is 25.8 Å². The van der Waals surface area contributed by atoms with Gasteiger partial charge in [-0.05, 0) is 24.8 Å². The van der Waals surface area contributed by atoms with Gasteiger partial charge in [0.25, 0.3) is 0 Å². The zero-order valence-corrected chi connectivity index (χ0v) is 12.9. The molecule has 2 aromatic rings. The molecule has 0 saturated heterocycles. The highest BCUT2D eigenvalue weighted by Crippen LogP contribution is 2.18. The van der Waals surface area contributed by atoms with Crippen LogP contribution in [0, 0.1) is 5.95 Å². The summed E-state index contributed by atoms with van der Waals surface area (Å²) in [6, 6.07) is 8.07. The van der Waals surface area contributed by atoms with Crippen molar-refractivity contribution in [1.82, 2.24) is 9.97 Å². The molecule has 0 N–H and O–H groups in total. The van der Waals surface area contributed by atoms with Crippen LogP contribution in [0.25, 0.3) is 11.4 Å². The van der Waals surface area contributed by atoms with Gasteiger partial charge in [0.1, 0.15) is 0 Å². The summed E-state index contributed by atoms with van der Waals surface area (Å²) in [4.78, 5) is 8.33. The molecule has 0 amide bonds. The molecule has 1 aromatic carbocycles. The van der Waals surface area contributed by atoms with Crippen LogP contribution < -0.4 is 0 Å². The lowest BCUT2D eigenvalue weighted by Crippen LogP contribution is -1.99. The van der Waals surface area contributed by atoms with Crippen LogP contribution in [0.4, 0.5) is 4.39 Å². The Morgan fingerprint density at radius 3 is 2.33 bits per heavy atom. The number of aromatic nitrogens is 2. The predicted octanol–water partition coefficient (Wildman–Crippen LogP) is 4.97. The third kappa shape index (κ3) is 4.35. The van der Waals surface area contributed by atoms with E-state index in [9.17, 15) is 4.39 Å². The molecule has 112 valence electrons. The van der Waals surface area contributed by atoms with Crippen molar-refractivity contribution in [2.75, 3.05) is 0 Å². The maximum absolute atomic E-state index is 14.0. The molecular formula is C18H23FN2. The number of rotatable bonds is 7. The van der Waals surface area contributed by atoms with E-state index >= 15 is 0 Å². The molecule has 0 fully saturated rings. The molecule has 0 bridgehead atoms. The number of benzene rings is 1. The van der Waals surface area contributed by atoms with Gasteiger partial charge in [0.15, 0.2) is 5.82 Å². The molecule has 3 heteroatoms. The summed E-state index contributed by atoms with van der Waals surface area (Å²) in [6.07, 6.45) is 7.76. The molecule has 2 rings (SSSR count). The van der Waals surface area contributed by atoms with Gasteiger partial charge in [0.2, 0.25) is 5.95 Å². The van der Waals surface area contributed by atoms with Crippen LogP contribution in [0.5, 0.6) is 0 Å². The van der Waals surface area contributed by atoms with Crippen molar-refractivity contribution in [3.05, 3.63) is 47.5 Å². The Morgan fingerprint density at radius 2 is 1.71 bits per heavy atom. The second-order valence-corrected chi connectivity index (χ2v) is 5.41. The molecule has 0 radical (unpaired) electrons. The lowest BCUT2D eigenvalue weighted by Gasteiger charge is -2.05. The molecule has 0 saturated carbocycles. The van der Waals surface area contributed by atoms with Gasteiger partial charge in [-0.2, -0.15) is 9.37 Å². The van der Waals surface area contributed by atoms with Gasteiger partial charge in [-0.25, -0.2) is 4.98 Å². The Hall–Kier alpha value is -1.77. The smallest absolute Gasteiger partial charge is 0.219 e. The van der Waals surface area contributed by atoms with E-state index in [0.717, 1.165) is 44.1 Å². The molecular weight excluding hydrogens is 263 g/mol. The summed E-state index contributed by atoms with van der Waals surface area (Å²) in [5, 5.41) is 0. The highest BCUT2D eigenvalue weighted by molar-refractivity contribution is 5.55. The lowest BCUT2D eigenvalue weighted by molar-refractivity contribution is 0.556. The molecule has 21 heavy (non-hydrogen) atoms. The number of halogens is 1. The van der Waals surface area contributed by atoms with Gasteiger partial charge in [-0.1, -0.05) is 57.4 Å². The SMILES string of the molecule is CCCCCc1cnc(-c2ccc(CCC)cc2)nc1F. The summed E-state index contributed by atoms with van der Waals surface area (Å²) in [7, 11) is 0. The Labute approximate surface area is 126 Å². The first kappa shape index (κ1) is 15.6. The fraction of sp³-hybridized carbons (Fsp3) is 0.444. The number of hydrogen-bond donors (Lipinski definition) is 0. The second kappa shape index (κ2) is 7.87. The van der Waals surface area contributed by atoms with Crippen molar-refractivity contribution in [2.45, 2.75) is 52.4 Å². The Morgan fingerprint density at radius 1 is 0.952 bits per heavy atom. The average Bonchev–Trinajstić information content (AvgIpc) is 2.50. The number of hydrogen-bond acceptors (Lipinski definition) is 2. The normalized spacial score (nSPS) is 10.8. The van der Waals surface area contributed by atoms with Gasteiger partial charge in [-0.3, -0.25) is 0 Å². The fourth-order valence-corrected chi connectivity index (χ4v) is 2.37. The van der Waals surface area contributed by atoms with Crippen molar-refractivity contribution < 1.29 is 4.39 Å². The van der Waals surface area contributed by atoms with E-state index in [1.807, 2.05) is 12.1 Å². The zero-order valence-electron chi connectivity index (χ0n) is 12.9. The van der Waals surface area contributed by atoms with Crippen molar-refractivity contribution >= 4 is 0 Å². The first-order chi connectivity index (χ1) is 10.2. The molecule has 0 unspecified atom stereocenters. The van der Waals surface area contributed by atoms with Crippen LogP contribution in [-0.4, -0.2) is 9.97 Å². The van der Waals surface area contributed by atoms with Crippen LogP contribution in [0.2, 0.25) is 0 Å². The molecule has 0 aliphatic rings. The highest BCUT2D eigenvalue weighted by atomic mass is 19.1. The highest BCUT2D eigenvalue weighted by Gasteiger charge is 2.08. The first-order valence-electron chi connectivity index (χ1n) is 7.85. The van der Waals surface area contributed by atoms with Crippen LogP contribution in [0.15, 0.2) is 30.5 Å². The molecule has 2 nitrogen and oxygen atoms in total. The van der Waals surface area contributed by atoms with Crippen molar-refractivity contribution in [2.24, 2.45) is 0 Å². The van der Waals surface area contributed by atoms with Gasteiger partial charge >= 0.3 is 0 Å². The van der Waals surface area contributed by atoms with E-state index in [2.05, 4.69) is 35.9 Å². The summed E-state index contributed by atoms with van der Waals surface area (Å²) in [5.74, 6) is 0.0866. The van der Waals surface area contributed by atoms with E-state index in [0.29, 0.717) is 11.4 Å². The average molecular weight is 286 g/mol. The summed E-state index contributed by atoms with van der Waals surface area (Å²) < 4.78 is 14.0. The van der Waals surface area contributed by atoms with Gasteiger partial charge in [0.05, 0.1) is 0 Å². The van der Waals surface area contributed by atoms with Crippen LogP contribution in [0.3, 0.4) is 0 Å². The summed E-state index contributed by atoms with van der Waals surface area (Å²) >= 11 is 0. The Bertz CT molecular complexity index is 564. The Kier molecular flexibility index (Phi) is 5.85. The third-order valence-corrected chi connectivity index (χ3v) is 3.61. The zero-order chi connectivity index (χ0) is 15.1. The number of aryl methyl sites for hydroxylation is 2. The van der Waals surface area contributed by atoms with Gasteiger partial charge < -0.3 is 0 Å². The lowest BCUT2D eigenvalue weighted by atomic mass is 10.1. The molecule has 1 aromatic heterocycles. The largest absolute Gasteiger partial charge is 0.236 e. The molecule has 0 aliphatic heterocycles. The van der Waals surface area contributed by atoms with E-state index in [1.165, 1.54) is 5.56 Å². The van der Waals surface area contributed by atoms with E-state index in [1.54, 1.807) is 6.20 Å². The molecule has 1 heterocycles. The van der Waals surface area contributed by atoms with Crippen LogP contribution in [0.1, 0.15) is 50.7 Å². The standard InChI is InChI=1S/C18H23FN2/c1-3-5-6-8-16-13-20-18(21-17(16)19)15-11-9-14(7-4-2)10-12-15/h9-13H,3-8H2,1-2H3. The minimum absolute atomic E-state index is 0.381. The third-order valence-electron chi connectivity index (χ3n) is 3.61. The van der Waals surface area contributed by atoms with E-state index in [4.69, 9.17) is 0 Å². The van der Waals surface area contributed by atoms with Gasteiger partial charge in [-0.15, -0.1) is 0 Å². The van der Waals surface area contributed by atoms with Gasteiger partial charge in [0, 0.05) is 17.3 Å². The van der Waals surface area contributed by atoms with E-state index < -0.39 is 0 Å². The fourth-order valence-electron chi connectivity index (χ4n) is 2.37. The van der Waals surface area contributed by atoms with Crippen molar-refractivity contribution in [3.8, 4) is 11.4 Å². The van der Waals surface area contributed by atoms with Crippen LogP contribution in [-0.2, 0) is 12.8 Å². The monoisotopic (exact) mass is 286 g/mol. The maximum Gasteiger partial charge on any atom is 0.219 e. The summed E-state index contributed by atoms with van der Waals surface area (Å²) in [5.41, 5.74) is 2.78. The number of nitrogens with zero attached hydrogens (tertiary/aromatic N) is 2. The van der Waals surface area contributed by atoms with E-state index in [-0.39, 0.29) is 5.95 Å². The first-order valence-corrected chi connectivity index (χ1v) is 7.85. The molecule has 0 atom stereocenters. The molecule has 0 spiro atoms. The summed E-state index contributed by atoms with van der Waals surface area (Å²) in [6.45, 7) is 4.29. The van der Waals surface area contributed by atoms with Crippen molar-refractivity contribution in [1.29, 1.82) is 0 Å². The van der Waals surface area contributed by atoms with Crippen LogP contribution >= 0.6 is 0 Å². The second-order valence-electron chi connectivity index (χ2n) is 5.41. The number of unbranched alkanes of at least 4 members (excludes halogenated alkanes) is 2. The van der Waals surface area contributed by atoms with Crippen molar-refractivity contribution in [3.63, 3.8) is 0 Å². The maximum atomic E-state index is 14.0. The quantitative estimate of drug-likeness (QED) is 0.530.